The smallest absolute Gasteiger partial charge is 0.131 e. The molecule has 0 aliphatic heterocycles. The molecule has 2 rings (SSSR count). The number of halogens is 2. The topological polar surface area (TPSA) is 27.7 Å². The van der Waals surface area contributed by atoms with Gasteiger partial charge in [0.1, 0.15) is 17.2 Å². The molecular weight excluding hydrogens is 364 g/mol. The summed E-state index contributed by atoms with van der Waals surface area (Å²) < 4.78 is 17.1. The molecular formula is C14H14BrClO3S. The average molecular weight is 378 g/mol. The number of benzene rings is 1. The summed E-state index contributed by atoms with van der Waals surface area (Å²) in [5.74, 6) is 1.95. The van der Waals surface area contributed by atoms with Crippen molar-refractivity contribution in [1.29, 1.82) is 0 Å². The second kappa shape index (κ2) is 6.70. The molecule has 0 saturated carbocycles. The zero-order valence-corrected chi connectivity index (χ0v) is 14.4. The van der Waals surface area contributed by atoms with Crippen LogP contribution in [0.4, 0.5) is 0 Å². The summed E-state index contributed by atoms with van der Waals surface area (Å²) in [5.41, 5.74) is 1.79. The lowest BCUT2D eigenvalue weighted by Crippen LogP contribution is -2.01. The molecule has 20 heavy (non-hydrogen) atoms. The van der Waals surface area contributed by atoms with Crippen molar-refractivity contribution >= 4 is 38.9 Å². The van der Waals surface area contributed by atoms with Crippen molar-refractivity contribution in [2.45, 2.75) is 5.38 Å². The summed E-state index contributed by atoms with van der Waals surface area (Å²) in [6, 6.07) is 5.59. The van der Waals surface area contributed by atoms with Gasteiger partial charge in [-0.25, -0.2) is 0 Å². The molecule has 0 fully saturated rings. The van der Waals surface area contributed by atoms with Crippen LogP contribution in [-0.2, 0) is 0 Å². The van der Waals surface area contributed by atoms with Crippen molar-refractivity contribution in [3.63, 3.8) is 0 Å². The lowest BCUT2D eigenvalue weighted by Gasteiger charge is -2.18. The molecule has 1 atom stereocenters. The van der Waals surface area contributed by atoms with Crippen molar-refractivity contribution in [2.24, 2.45) is 0 Å². The number of hydrogen-bond donors (Lipinski definition) is 0. The zero-order chi connectivity index (χ0) is 14.7. The Kier molecular flexibility index (Phi) is 5.18. The molecule has 0 saturated heterocycles. The van der Waals surface area contributed by atoms with E-state index in [0.29, 0.717) is 17.2 Å². The third-order valence-electron chi connectivity index (χ3n) is 2.89. The first-order valence-corrected chi connectivity index (χ1v) is 7.89. The molecule has 2 aromatic rings. The van der Waals surface area contributed by atoms with E-state index in [2.05, 4.69) is 15.9 Å². The molecule has 0 N–H and O–H groups in total. The first-order valence-electron chi connectivity index (χ1n) is 5.78. The molecule has 3 nitrogen and oxygen atoms in total. The van der Waals surface area contributed by atoms with Crippen LogP contribution in [0.5, 0.6) is 17.2 Å². The van der Waals surface area contributed by atoms with Gasteiger partial charge in [0.15, 0.2) is 0 Å². The van der Waals surface area contributed by atoms with Crippen LogP contribution in [0.3, 0.4) is 0 Å². The fourth-order valence-electron chi connectivity index (χ4n) is 1.91. The molecule has 0 radical (unpaired) electrons. The highest BCUT2D eigenvalue weighted by Gasteiger charge is 2.23. The van der Waals surface area contributed by atoms with Gasteiger partial charge in [-0.2, -0.15) is 0 Å². The fourth-order valence-corrected chi connectivity index (χ4v) is 3.52. The first-order chi connectivity index (χ1) is 9.60. The fraction of sp³-hybridized carbons (Fsp3) is 0.286. The van der Waals surface area contributed by atoms with E-state index in [0.717, 1.165) is 14.9 Å². The van der Waals surface area contributed by atoms with E-state index in [1.54, 1.807) is 44.8 Å². The Morgan fingerprint density at radius 3 is 2.05 bits per heavy atom. The van der Waals surface area contributed by atoms with Crippen molar-refractivity contribution in [3.05, 3.63) is 38.5 Å². The predicted octanol–water partition coefficient (Wildman–Crippen LogP) is 4.86. The van der Waals surface area contributed by atoms with Crippen molar-refractivity contribution in [2.75, 3.05) is 21.3 Å². The Morgan fingerprint density at radius 1 is 1.05 bits per heavy atom. The Bertz CT molecular complexity index is 575. The molecule has 0 aliphatic rings. The summed E-state index contributed by atoms with van der Waals surface area (Å²) in [5, 5.41) is 1.65. The lowest BCUT2D eigenvalue weighted by atomic mass is 10.0. The van der Waals surface area contributed by atoms with E-state index in [9.17, 15) is 0 Å². The van der Waals surface area contributed by atoms with Crippen LogP contribution >= 0.6 is 38.9 Å². The van der Waals surface area contributed by atoms with Crippen molar-refractivity contribution in [3.8, 4) is 17.2 Å². The maximum atomic E-state index is 6.59. The summed E-state index contributed by atoms with van der Waals surface area (Å²) >= 11 is 11.6. The van der Waals surface area contributed by atoms with E-state index >= 15 is 0 Å². The largest absolute Gasteiger partial charge is 0.496 e. The molecule has 6 heteroatoms. The molecule has 0 spiro atoms. The third-order valence-corrected chi connectivity index (χ3v) is 4.88. The van der Waals surface area contributed by atoms with Gasteiger partial charge in [-0.05, 0) is 32.9 Å². The van der Waals surface area contributed by atoms with Gasteiger partial charge in [0.25, 0.3) is 0 Å². The van der Waals surface area contributed by atoms with E-state index in [1.807, 2.05) is 11.4 Å². The highest BCUT2D eigenvalue weighted by molar-refractivity contribution is 9.11. The number of alkyl halides is 1. The van der Waals surface area contributed by atoms with Gasteiger partial charge < -0.3 is 14.2 Å². The van der Waals surface area contributed by atoms with E-state index < -0.39 is 0 Å². The molecule has 108 valence electrons. The van der Waals surface area contributed by atoms with E-state index in [1.165, 1.54) is 0 Å². The average Bonchev–Trinajstić information content (AvgIpc) is 2.91. The highest BCUT2D eigenvalue weighted by Crippen LogP contribution is 2.44. The van der Waals surface area contributed by atoms with Crippen LogP contribution in [-0.4, -0.2) is 21.3 Å². The van der Waals surface area contributed by atoms with E-state index in [4.69, 9.17) is 25.8 Å². The summed E-state index contributed by atoms with van der Waals surface area (Å²) in [7, 11) is 4.80. The second-order valence-corrected chi connectivity index (χ2v) is 6.72. The molecule has 1 aromatic carbocycles. The minimum absolute atomic E-state index is 0.353. The minimum atomic E-state index is -0.353. The van der Waals surface area contributed by atoms with Crippen LogP contribution in [0.25, 0.3) is 0 Å². The van der Waals surface area contributed by atoms with Gasteiger partial charge >= 0.3 is 0 Å². The summed E-state index contributed by atoms with van der Waals surface area (Å²) in [6.07, 6.45) is 0. The molecule has 0 aliphatic carbocycles. The number of methoxy groups -OCH3 is 3. The normalized spacial score (nSPS) is 12.1. The van der Waals surface area contributed by atoms with Crippen LogP contribution in [0.2, 0.25) is 0 Å². The number of ether oxygens (including phenoxy) is 3. The second-order valence-electron chi connectivity index (χ2n) is 3.99. The number of thiophene rings is 1. The first kappa shape index (κ1) is 15.5. The highest BCUT2D eigenvalue weighted by atomic mass is 79.9. The predicted molar refractivity (Wildman–Crippen MR) is 85.8 cm³/mol. The van der Waals surface area contributed by atoms with Gasteiger partial charge in [0.05, 0.1) is 36.1 Å². The Labute approximate surface area is 135 Å². The Balaban J connectivity index is 2.53. The van der Waals surface area contributed by atoms with Gasteiger partial charge in [-0.1, -0.05) is 0 Å². The molecule has 1 unspecified atom stereocenters. The maximum Gasteiger partial charge on any atom is 0.131 e. The van der Waals surface area contributed by atoms with Crippen LogP contribution in [0.1, 0.15) is 16.5 Å². The maximum absolute atomic E-state index is 6.59. The quantitative estimate of drug-likeness (QED) is 0.696. The van der Waals surface area contributed by atoms with Gasteiger partial charge in [-0.3, -0.25) is 0 Å². The zero-order valence-electron chi connectivity index (χ0n) is 11.3. The SMILES string of the molecule is COc1cc(OC)c(C(Cl)c2csc(Br)c2)c(OC)c1. The Hall–Kier alpha value is -0.910. The number of hydrogen-bond acceptors (Lipinski definition) is 4. The van der Waals surface area contributed by atoms with Gasteiger partial charge in [-0.15, -0.1) is 22.9 Å². The molecule has 0 amide bonds. The third kappa shape index (κ3) is 3.05. The molecule has 1 heterocycles. The number of rotatable bonds is 5. The van der Waals surface area contributed by atoms with Gasteiger partial charge in [0.2, 0.25) is 0 Å². The summed E-state index contributed by atoms with van der Waals surface area (Å²) in [6.45, 7) is 0. The van der Waals surface area contributed by atoms with Crippen LogP contribution in [0, 0.1) is 0 Å². The molecule has 1 aromatic heterocycles. The summed E-state index contributed by atoms with van der Waals surface area (Å²) in [4.78, 5) is 0. The van der Waals surface area contributed by atoms with Crippen molar-refractivity contribution in [1.82, 2.24) is 0 Å². The van der Waals surface area contributed by atoms with E-state index in [-0.39, 0.29) is 5.38 Å². The minimum Gasteiger partial charge on any atom is -0.496 e. The lowest BCUT2D eigenvalue weighted by molar-refractivity contribution is 0.369. The van der Waals surface area contributed by atoms with Crippen molar-refractivity contribution < 1.29 is 14.2 Å². The van der Waals surface area contributed by atoms with Crippen LogP contribution in [0.15, 0.2) is 27.4 Å². The standard InChI is InChI=1S/C14H14BrClO3S/c1-17-9-5-10(18-2)13(11(6-9)19-3)14(16)8-4-12(15)20-7-8/h4-7,14H,1-3H3. The molecule has 0 bridgehead atoms. The Morgan fingerprint density at radius 2 is 1.65 bits per heavy atom. The van der Waals surface area contributed by atoms with Gasteiger partial charge in [0, 0.05) is 12.1 Å². The van der Waals surface area contributed by atoms with Crippen LogP contribution < -0.4 is 14.2 Å². The monoisotopic (exact) mass is 376 g/mol.